The molecule has 0 saturated carbocycles. The first-order valence-corrected chi connectivity index (χ1v) is 7.74. The molecule has 3 heterocycles. The van der Waals surface area contributed by atoms with E-state index in [1.807, 2.05) is 55.3 Å². The van der Waals surface area contributed by atoms with Crippen molar-refractivity contribution in [2.24, 2.45) is 0 Å². The molecule has 1 aromatic carbocycles. The van der Waals surface area contributed by atoms with Gasteiger partial charge in [0.15, 0.2) is 0 Å². The third-order valence-electron chi connectivity index (χ3n) is 3.92. The molecular weight excluding hydrogens is 306 g/mol. The molecule has 3 aromatic heterocycles. The number of aromatic amines is 1. The average Bonchev–Trinajstić information content (AvgIpc) is 3.11. The van der Waals surface area contributed by atoms with E-state index in [0.29, 0.717) is 30.0 Å². The molecule has 122 valence electrons. The molecule has 0 amide bonds. The lowest BCUT2D eigenvalue weighted by atomic mass is 10.2. The lowest BCUT2D eigenvalue weighted by Crippen LogP contribution is -2.21. The van der Waals surface area contributed by atoms with Crippen LogP contribution in [0.15, 0.2) is 50.0 Å². The summed E-state index contributed by atoms with van der Waals surface area (Å²) < 4.78 is 11.2. The lowest BCUT2D eigenvalue weighted by molar-refractivity contribution is 0.279. The van der Waals surface area contributed by atoms with Crippen LogP contribution in [0.3, 0.4) is 0 Å². The highest BCUT2D eigenvalue weighted by Gasteiger charge is 2.14. The summed E-state index contributed by atoms with van der Waals surface area (Å²) in [6.07, 6.45) is 0. The third kappa shape index (κ3) is 2.61. The van der Waals surface area contributed by atoms with Crippen LogP contribution in [0, 0.1) is 6.92 Å². The van der Waals surface area contributed by atoms with E-state index < -0.39 is 0 Å². The normalized spacial score (nSPS) is 11.8. The Bertz CT molecular complexity index is 1070. The van der Waals surface area contributed by atoms with Crippen LogP contribution in [0.5, 0.6) is 0 Å². The van der Waals surface area contributed by atoms with E-state index in [1.54, 1.807) is 0 Å². The van der Waals surface area contributed by atoms with Crippen LogP contribution in [0.2, 0.25) is 0 Å². The predicted molar refractivity (Wildman–Crippen MR) is 90.8 cm³/mol. The minimum absolute atomic E-state index is 0.256. The number of hydrogen-bond donors (Lipinski definition) is 1. The van der Waals surface area contributed by atoms with Crippen molar-refractivity contribution in [2.45, 2.75) is 20.0 Å². The molecule has 1 N–H and O–H groups in total. The maximum Gasteiger partial charge on any atom is 0.294 e. The molecule has 0 aliphatic heterocycles. The summed E-state index contributed by atoms with van der Waals surface area (Å²) in [5.74, 6) is 2.37. The topological polar surface area (TPSA) is 75.3 Å². The van der Waals surface area contributed by atoms with Gasteiger partial charge in [-0.25, -0.2) is 4.98 Å². The van der Waals surface area contributed by atoms with E-state index in [9.17, 15) is 4.79 Å². The monoisotopic (exact) mass is 323 g/mol. The average molecular weight is 323 g/mol. The molecule has 0 fully saturated rings. The number of aromatic nitrogens is 2. The standard InChI is InChI=1S/C18H17N3O3/c1-11-7-8-12(23-11)9-21(2)10-15-19-16-13-5-3-4-6-14(13)24-17(16)18(22)20-15/h3-8H,9-10H2,1-2H3,(H,19,20,22). The summed E-state index contributed by atoms with van der Waals surface area (Å²) in [5.41, 5.74) is 1.28. The van der Waals surface area contributed by atoms with E-state index >= 15 is 0 Å². The van der Waals surface area contributed by atoms with Crippen molar-refractivity contribution < 1.29 is 8.83 Å². The van der Waals surface area contributed by atoms with E-state index in [-0.39, 0.29) is 11.1 Å². The molecule has 4 aromatic rings. The minimum Gasteiger partial charge on any atom is -0.465 e. The Labute approximate surface area is 137 Å². The summed E-state index contributed by atoms with van der Waals surface area (Å²) in [6, 6.07) is 11.4. The largest absolute Gasteiger partial charge is 0.465 e. The van der Waals surface area contributed by atoms with Gasteiger partial charge >= 0.3 is 0 Å². The maximum absolute atomic E-state index is 12.3. The van der Waals surface area contributed by atoms with E-state index in [0.717, 1.165) is 16.9 Å². The van der Waals surface area contributed by atoms with Gasteiger partial charge in [0.05, 0.1) is 13.1 Å². The lowest BCUT2D eigenvalue weighted by Gasteiger charge is -2.14. The Morgan fingerprint density at radius 3 is 2.75 bits per heavy atom. The summed E-state index contributed by atoms with van der Waals surface area (Å²) in [6.45, 7) is 3.06. The molecule has 0 unspecified atom stereocenters. The number of furan rings is 2. The minimum atomic E-state index is -0.256. The van der Waals surface area contributed by atoms with Crippen LogP contribution in [-0.4, -0.2) is 21.9 Å². The van der Waals surface area contributed by atoms with Crippen LogP contribution in [-0.2, 0) is 13.1 Å². The Kier molecular flexibility index (Phi) is 3.46. The molecule has 0 aliphatic rings. The molecule has 0 spiro atoms. The van der Waals surface area contributed by atoms with Crippen molar-refractivity contribution in [1.82, 2.24) is 14.9 Å². The molecule has 24 heavy (non-hydrogen) atoms. The fourth-order valence-corrected chi connectivity index (χ4v) is 2.87. The van der Waals surface area contributed by atoms with Crippen molar-refractivity contribution in [3.8, 4) is 0 Å². The molecule has 0 bridgehead atoms. The smallest absolute Gasteiger partial charge is 0.294 e. The van der Waals surface area contributed by atoms with Gasteiger partial charge < -0.3 is 13.8 Å². The second-order valence-electron chi connectivity index (χ2n) is 5.97. The summed E-state index contributed by atoms with van der Waals surface area (Å²) in [5, 5.41) is 0.851. The number of nitrogens with one attached hydrogen (secondary N) is 1. The molecule has 0 atom stereocenters. The van der Waals surface area contributed by atoms with Gasteiger partial charge in [0.2, 0.25) is 5.58 Å². The first-order chi connectivity index (χ1) is 11.6. The van der Waals surface area contributed by atoms with Gasteiger partial charge in [-0.15, -0.1) is 0 Å². The third-order valence-corrected chi connectivity index (χ3v) is 3.92. The summed E-state index contributed by atoms with van der Waals surface area (Å²) in [7, 11) is 1.95. The van der Waals surface area contributed by atoms with Gasteiger partial charge in [-0.05, 0) is 38.2 Å². The number of para-hydroxylation sites is 1. The van der Waals surface area contributed by atoms with Crippen molar-refractivity contribution in [3.05, 3.63) is 64.1 Å². The first-order valence-electron chi connectivity index (χ1n) is 7.74. The van der Waals surface area contributed by atoms with Gasteiger partial charge in [-0.2, -0.15) is 0 Å². The zero-order valence-corrected chi connectivity index (χ0v) is 13.5. The molecule has 6 heteroatoms. The fraction of sp³-hybridized carbons (Fsp3) is 0.222. The van der Waals surface area contributed by atoms with E-state index in [2.05, 4.69) is 9.97 Å². The quantitative estimate of drug-likeness (QED) is 0.624. The van der Waals surface area contributed by atoms with Gasteiger partial charge in [-0.1, -0.05) is 12.1 Å². The highest BCUT2D eigenvalue weighted by Crippen LogP contribution is 2.24. The molecule has 0 saturated heterocycles. The number of rotatable bonds is 4. The number of fused-ring (bicyclic) bond motifs is 3. The Morgan fingerprint density at radius 1 is 1.12 bits per heavy atom. The van der Waals surface area contributed by atoms with Crippen LogP contribution in [0.4, 0.5) is 0 Å². The predicted octanol–water partition coefficient (Wildman–Crippen LogP) is 3.20. The van der Waals surface area contributed by atoms with Gasteiger partial charge in [0, 0.05) is 5.39 Å². The van der Waals surface area contributed by atoms with Crippen LogP contribution in [0.25, 0.3) is 22.1 Å². The number of benzene rings is 1. The molecule has 0 radical (unpaired) electrons. The Morgan fingerprint density at radius 2 is 1.96 bits per heavy atom. The number of nitrogens with zero attached hydrogens (tertiary/aromatic N) is 2. The molecule has 0 aliphatic carbocycles. The van der Waals surface area contributed by atoms with Crippen molar-refractivity contribution in [3.63, 3.8) is 0 Å². The van der Waals surface area contributed by atoms with Crippen molar-refractivity contribution in [1.29, 1.82) is 0 Å². The first kappa shape index (κ1) is 14.7. The SMILES string of the molecule is Cc1ccc(CN(C)Cc2nc3c(oc4ccccc43)c(=O)[nH]2)o1. The van der Waals surface area contributed by atoms with Gasteiger partial charge in [0.25, 0.3) is 5.56 Å². The number of hydrogen-bond acceptors (Lipinski definition) is 5. The van der Waals surface area contributed by atoms with Crippen LogP contribution in [0.1, 0.15) is 17.3 Å². The molecule has 6 nitrogen and oxygen atoms in total. The molecular formula is C18H17N3O3. The second-order valence-corrected chi connectivity index (χ2v) is 5.97. The Hall–Kier alpha value is -2.86. The molecule has 4 rings (SSSR count). The summed E-state index contributed by atoms with van der Waals surface area (Å²) >= 11 is 0. The zero-order chi connectivity index (χ0) is 16.7. The second kappa shape index (κ2) is 5.65. The van der Waals surface area contributed by atoms with Gasteiger partial charge in [-0.3, -0.25) is 9.69 Å². The summed E-state index contributed by atoms with van der Waals surface area (Å²) in [4.78, 5) is 21.7. The van der Waals surface area contributed by atoms with Crippen LogP contribution < -0.4 is 5.56 Å². The zero-order valence-electron chi connectivity index (χ0n) is 13.5. The van der Waals surface area contributed by atoms with Gasteiger partial charge in [0.1, 0.15) is 28.4 Å². The number of aryl methyl sites for hydroxylation is 1. The Balaban J connectivity index is 1.66. The number of H-pyrrole nitrogens is 1. The fourth-order valence-electron chi connectivity index (χ4n) is 2.87. The van der Waals surface area contributed by atoms with Crippen molar-refractivity contribution in [2.75, 3.05) is 7.05 Å². The van der Waals surface area contributed by atoms with Crippen molar-refractivity contribution >= 4 is 22.1 Å². The van der Waals surface area contributed by atoms with Crippen LogP contribution >= 0.6 is 0 Å². The maximum atomic E-state index is 12.3. The van der Waals surface area contributed by atoms with E-state index in [1.165, 1.54) is 0 Å². The highest BCUT2D eigenvalue weighted by molar-refractivity contribution is 6.01. The highest BCUT2D eigenvalue weighted by atomic mass is 16.3. The van der Waals surface area contributed by atoms with E-state index in [4.69, 9.17) is 8.83 Å².